The van der Waals surface area contributed by atoms with E-state index in [-0.39, 0.29) is 18.1 Å². The summed E-state index contributed by atoms with van der Waals surface area (Å²) < 4.78 is 27.0. The number of aromatic nitrogens is 3. The molecule has 0 aliphatic heterocycles. The number of rotatable bonds is 9. The second-order valence-corrected chi connectivity index (χ2v) is 8.18. The van der Waals surface area contributed by atoms with E-state index in [4.69, 9.17) is 9.47 Å². The van der Waals surface area contributed by atoms with Crippen molar-refractivity contribution < 1.29 is 18.7 Å². The van der Waals surface area contributed by atoms with Crippen LogP contribution in [0.25, 0.3) is 10.2 Å². The van der Waals surface area contributed by atoms with Gasteiger partial charge in [-0.05, 0) is 42.3 Å². The van der Waals surface area contributed by atoms with E-state index in [0.29, 0.717) is 33.4 Å². The molecule has 0 aliphatic rings. The number of halogens is 1. The third-order valence-corrected chi connectivity index (χ3v) is 6.07. The Balaban J connectivity index is 1.57. The molecule has 0 fully saturated rings. The van der Waals surface area contributed by atoms with Gasteiger partial charge in [0.1, 0.15) is 5.82 Å². The zero-order chi connectivity index (χ0) is 22.5. The lowest BCUT2D eigenvalue weighted by Gasteiger charge is -2.20. The molecule has 4 aromatic rings. The summed E-state index contributed by atoms with van der Waals surface area (Å²) >= 11 is 1.31. The molecule has 0 saturated carbocycles. The van der Waals surface area contributed by atoms with Gasteiger partial charge in [0.2, 0.25) is 5.91 Å². The van der Waals surface area contributed by atoms with Crippen molar-refractivity contribution in [1.29, 1.82) is 0 Å². The van der Waals surface area contributed by atoms with Crippen molar-refractivity contribution in [2.24, 2.45) is 0 Å². The molecule has 0 N–H and O–H groups in total. The summed E-state index contributed by atoms with van der Waals surface area (Å²) in [4.78, 5) is 23.6. The van der Waals surface area contributed by atoms with Crippen molar-refractivity contribution in [3.8, 4) is 11.5 Å². The van der Waals surface area contributed by atoms with Crippen molar-refractivity contribution >= 4 is 32.6 Å². The Kier molecular flexibility index (Phi) is 6.65. The van der Waals surface area contributed by atoms with E-state index in [1.54, 1.807) is 49.8 Å². The summed E-state index contributed by atoms with van der Waals surface area (Å²) in [5, 5.41) is 0.557. The molecule has 9 heteroatoms. The molecule has 0 unspecified atom stereocenters. The first-order valence-electron chi connectivity index (χ1n) is 10.1. The Morgan fingerprint density at radius 3 is 2.75 bits per heavy atom. The maximum absolute atomic E-state index is 13.7. The highest BCUT2D eigenvalue weighted by Crippen LogP contribution is 2.31. The zero-order valence-electron chi connectivity index (χ0n) is 17.8. The highest BCUT2D eigenvalue weighted by atomic mass is 32.1. The van der Waals surface area contributed by atoms with Crippen molar-refractivity contribution in [2.45, 2.75) is 19.4 Å². The number of aryl methyl sites for hydroxylation is 1. The van der Waals surface area contributed by atoms with Crippen LogP contribution in [0.5, 0.6) is 11.5 Å². The van der Waals surface area contributed by atoms with Crippen LogP contribution in [0.4, 0.5) is 9.52 Å². The first-order chi connectivity index (χ1) is 15.6. The summed E-state index contributed by atoms with van der Waals surface area (Å²) in [6, 6.07) is 9.88. The van der Waals surface area contributed by atoms with Crippen LogP contribution in [0, 0.1) is 5.82 Å². The van der Waals surface area contributed by atoms with Crippen LogP contribution in [0.3, 0.4) is 0 Å². The second-order valence-electron chi connectivity index (χ2n) is 7.17. The molecule has 0 atom stereocenters. The molecule has 4 rings (SSSR count). The molecule has 0 aliphatic carbocycles. The SMILES string of the molecule is COc1ccc(CC(=O)N(CCCn2ccnc2)c2nc3ccc(F)cc3s2)cc1OC. The highest BCUT2D eigenvalue weighted by Gasteiger charge is 2.21. The number of thiazole rings is 1. The molecular formula is C23H23FN4O3S. The van der Waals surface area contributed by atoms with E-state index < -0.39 is 0 Å². The average Bonchev–Trinajstić information content (AvgIpc) is 3.45. The van der Waals surface area contributed by atoms with Gasteiger partial charge in [-0.1, -0.05) is 17.4 Å². The number of benzene rings is 2. The minimum atomic E-state index is -0.323. The lowest BCUT2D eigenvalue weighted by Crippen LogP contribution is -2.33. The van der Waals surface area contributed by atoms with Gasteiger partial charge in [-0.15, -0.1) is 0 Å². The quantitative estimate of drug-likeness (QED) is 0.377. The number of ether oxygens (including phenoxy) is 2. The third kappa shape index (κ3) is 4.88. The van der Waals surface area contributed by atoms with E-state index in [2.05, 4.69) is 9.97 Å². The fourth-order valence-electron chi connectivity index (χ4n) is 3.42. The number of hydrogen-bond donors (Lipinski definition) is 0. The maximum Gasteiger partial charge on any atom is 0.233 e. The molecule has 0 radical (unpaired) electrons. The number of carbonyl (C=O) groups is 1. The van der Waals surface area contributed by atoms with Gasteiger partial charge >= 0.3 is 0 Å². The van der Waals surface area contributed by atoms with Crippen molar-refractivity contribution in [3.05, 3.63) is 66.5 Å². The second kappa shape index (κ2) is 9.78. The van der Waals surface area contributed by atoms with Gasteiger partial charge < -0.3 is 14.0 Å². The van der Waals surface area contributed by atoms with E-state index in [1.165, 1.54) is 23.5 Å². The number of anilines is 1. The lowest BCUT2D eigenvalue weighted by atomic mass is 10.1. The summed E-state index contributed by atoms with van der Waals surface area (Å²) in [6.07, 6.45) is 6.25. The van der Waals surface area contributed by atoms with Crippen molar-refractivity contribution in [2.75, 3.05) is 25.7 Å². The van der Waals surface area contributed by atoms with E-state index in [0.717, 1.165) is 18.5 Å². The number of methoxy groups -OCH3 is 2. The Morgan fingerprint density at radius 2 is 2.00 bits per heavy atom. The fourth-order valence-corrected chi connectivity index (χ4v) is 4.45. The zero-order valence-corrected chi connectivity index (χ0v) is 18.6. The van der Waals surface area contributed by atoms with Crippen LogP contribution < -0.4 is 14.4 Å². The van der Waals surface area contributed by atoms with Crippen LogP contribution >= 0.6 is 11.3 Å². The molecule has 0 saturated heterocycles. The molecule has 2 aromatic heterocycles. The molecule has 32 heavy (non-hydrogen) atoms. The highest BCUT2D eigenvalue weighted by molar-refractivity contribution is 7.22. The summed E-state index contributed by atoms with van der Waals surface area (Å²) in [5.41, 5.74) is 1.48. The number of carbonyl (C=O) groups excluding carboxylic acids is 1. The predicted octanol–water partition coefficient (Wildman–Crippen LogP) is 4.32. The monoisotopic (exact) mass is 454 g/mol. The third-order valence-electron chi connectivity index (χ3n) is 5.03. The molecule has 2 aromatic carbocycles. The number of amides is 1. The summed E-state index contributed by atoms with van der Waals surface area (Å²) in [5.74, 6) is 0.757. The molecule has 2 heterocycles. The van der Waals surface area contributed by atoms with Crippen LogP contribution in [-0.4, -0.2) is 41.2 Å². The first kappa shape index (κ1) is 21.8. The summed E-state index contributed by atoms with van der Waals surface area (Å²) in [7, 11) is 3.13. The maximum atomic E-state index is 13.7. The van der Waals surface area contributed by atoms with Crippen molar-refractivity contribution in [3.63, 3.8) is 0 Å². The Morgan fingerprint density at radius 1 is 1.16 bits per heavy atom. The molecule has 0 spiro atoms. The number of fused-ring (bicyclic) bond motifs is 1. The fraction of sp³-hybridized carbons (Fsp3) is 0.261. The van der Waals surface area contributed by atoms with E-state index in [1.807, 2.05) is 16.8 Å². The molecule has 7 nitrogen and oxygen atoms in total. The Hall–Kier alpha value is -3.46. The average molecular weight is 455 g/mol. The van der Waals surface area contributed by atoms with Gasteiger partial charge in [-0.3, -0.25) is 9.69 Å². The summed E-state index contributed by atoms with van der Waals surface area (Å²) in [6.45, 7) is 1.20. The van der Waals surface area contributed by atoms with Gasteiger partial charge in [0, 0.05) is 25.5 Å². The van der Waals surface area contributed by atoms with Crippen LogP contribution in [0.15, 0.2) is 55.1 Å². The van der Waals surface area contributed by atoms with Gasteiger partial charge in [-0.25, -0.2) is 14.4 Å². The molecular weight excluding hydrogens is 431 g/mol. The largest absolute Gasteiger partial charge is 0.493 e. The lowest BCUT2D eigenvalue weighted by molar-refractivity contribution is -0.118. The predicted molar refractivity (Wildman–Crippen MR) is 122 cm³/mol. The van der Waals surface area contributed by atoms with Crippen LogP contribution in [0.2, 0.25) is 0 Å². The van der Waals surface area contributed by atoms with Gasteiger partial charge in [0.15, 0.2) is 16.6 Å². The smallest absolute Gasteiger partial charge is 0.233 e. The van der Waals surface area contributed by atoms with E-state index in [9.17, 15) is 9.18 Å². The van der Waals surface area contributed by atoms with Crippen LogP contribution in [0.1, 0.15) is 12.0 Å². The standard InChI is InChI=1S/C23H23FN4O3S/c1-30-19-7-4-16(12-20(19)31-2)13-22(29)28(10-3-9-27-11-8-25-15-27)23-26-18-6-5-17(24)14-21(18)32-23/h4-8,11-12,14-15H,3,9-10,13H2,1-2H3. The van der Waals surface area contributed by atoms with Crippen molar-refractivity contribution in [1.82, 2.24) is 14.5 Å². The number of hydrogen-bond acceptors (Lipinski definition) is 6. The Labute approximate surface area is 189 Å². The minimum absolute atomic E-state index is 0.0950. The van der Waals surface area contributed by atoms with E-state index >= 15 is 0 Å². The van der Waals surface area contributed by atoms with Crippen LogP contribution in [-0.2, 0) is 17.8 Å². The number of imidazole rings is 1. The Bertz CT molecular complexity index is 1210. The topological polar surface area (TPSA) is 69.5 Å². The molecule has 166 valence electrons. The van der Waals surface area contributed by atoms with Gasteiger partial charge in [0.25, 0.3) is 0 Å². The van der Waals surface area contributed by atoms with Gasteiger partial charge in [0.05, 0.1) is 37.2 Å². The molecule has 0 bridgehead atoms. The van der Waals surface area contributed by atoms with Gasteiger partial charge in [-0.2, -0.15) is 0 Å². The minimum Gasteiger partial charge on any atom is -0.493 e. The molecule has 1 amide bonds. The normalized spacial score (nSPS) is 11.0. The first-order valence-corrected chi connectivity index (χ1v) is 10.9. The number of nitrogens with zero attached hydrogens (tertiary/aromatic N) is 4.